The van der Waals surface area contributed by atoms with Crippen LogP contribution in [0.5, 0.6) is 0 Å². The summed E-state index contributed by atoms with van der Waals surface area (Å²) in [4.78, 5) is 82.0. The summed E-state index contributed by atoms with van der Waals surface area (Å²) in [6, 6.07) is 67.2. The number of carbonyl (C=O) groups is 4. The molecule has 126 heavy (non-hydrogen) atoms. The van der Waals surface area contributed by atoms with Gasteiger partial charge in [0.05, 0.1) is 42.1 Å². The van der Waals surface area contributed by atoms with Gasteiger partial charge in [-0.15, -0.1) is 45.3 Å². The molecule has 11 aromatic heterocycles. The van der Waals surface area contributed by atoms with E-state index < -0.39 is 16.8 Å². The van der Waals surface area contributed by atoms with Crippen molar-refractivity contribution in [3.63, 3.8) is 0 Å². The van der Waals surface area contributed by atoms with Crippen molar-refractivity contribution in [3.8, 4) is 0 Å². The highest BCUT2D eigenvalue weighted by Gasteiger charge is 2.31. The Kier molecular flexibility index (Phi) is 32.8. The third-order valence-electron chi connectivity index (χ3n) is 21.4. The Hall–Kier alpha value is -12.5. The summed E-state index contributed by atoms with van der Waals surface area (Å²) < 4.78 is 26.5. The molecule has 1 saturated carbocycles. The Labute approximate surface area is 753 Å². The first-order valence-corrected chi connectivity index (χ1v) is 45.9. The summed E-state index contributed by atoms with van der Waals surface area (Å²) in [5, 5.41) is 21.8. The Morgan fingerprint density at radius 2 is 0.778 bits per heavy atom. The molecular formula is C100H107N15O7S4. The first-order valence-electron chi connectivity index (χ1n) is 42.4. The molecule has 0 spiro atoms. The fourth-order valence-corrected chi connectivity index (χ4v) is 17.5. The van der Waals surface area contributed by atoms with E-state index in [1.54, 1.807) is 37.2 Å². The summed E-state index contributed by atoms with van der Waals surface area (Å²) in [6.45, 7) is 18.2. The van der Waals surface area contributed by atoms with Crippen molar-refractivity contribution in [1.29, 1.82) is 0 Å². The van der Waals surface area contributed by atoms with Gasteiger partial charge in [0.2, 0.25) is 0 Å². The standard InChI is InChI=1S/C27H30N4O2S.C25H25N3O2S.C24H30N4O2S.C24H22N4OS/c1-20(22-10-5-4-6-11-22)33-27(2,3)24-19-34-26(29-24)30-25(32)23-12-8-18-31(23)17-7-9-21-13-15-28-16-14-21;1-25(2,30-17-20-12-7-4-8-13-20)22-18-31-24(26-22)27-23(29)21-14-9-15-28(21)16-19-10-5-3-6-11-19;1-24(2,30-16-19-7-4-3-5-8-19)21-17-31-23(26-21)27-22(29)20-9-6-14-28(20)15-18-10-12-25-13-11-18;29-23(22-9-5-17-28(22)16-4-8-20-12-14-25-15-13-20)27-24-26-21(18-30-24)11-10-19-6-2-1-3-7-19/h4-6,8,10-16,18-20H,7,9,17H2,1-3H3,(H,29,30,32);3-15,18H,16-17H2,1-2H3,(H,26,27,29);6,9-14,17,19H,3-5,7-8,15-16H2,1-2H3,(H,26,27,29);1-3,5-7,9-15,17-18H,4,8,16H2,(H,26,27,29)/b;;;11-10+. The van der Waals surface area contributed by atoms with E-state index in [2.05, 4.69) is 82.1 Å². The highest BCUT2D eigenvalue weighted by atomic mass is 32.1. The number of aromatic nitrogens is 11. The number of carbonyl (C=O) groups excluding carboxylic acids is 4. The molecule has 0 bridgehead atoms. The van der Waals surface area contributed by atoms with Gasteiger partial charge in [-0.3, -0.25) is 55.4 Å². The quantitative estimate of drug-likeness (QED) is 0.0293. The van der Waals surface area contributed by atoms with Crippen LogP contribution in [-0.4, -0.2) is 83.4 Å². The van der Waals surface area contributed by atoms with Gasteiger partial charge in [-0.2, -0.15) is 0 Å². The number of thiazole rings is 4. The van der Waals surface area contributed by atoms with Gasteiger partial charge >= 0.3 is 0 Å². The summed E-state index contributed by atoms with van der Waals surface area (Å²) in [7, 11) is 0. The first-order chi connectivity index (χ1) is 61.2. The number of hydrogen-bond donors (Lipinski definition) is 4. The molecule has 0 saturated heterocycles. The number of benzene rings is 4. The van der Waals surface area contributed by atoms with Crippen molar-refractivity contribution in [2.75, 3.05) is 27.9 Å². The van der Waals surface area contributed by atoms with Gasteiger partial charge in [-0.1, -0.05) is 147 Å². The van der Waals surface area contributed by atoms with E-state index in [-0.39, 0.29) is 29.7 Å². The maximum Gasteiger partial charge on any atom is 0.274 e. The Balaban J connectivity index is 0.000000144. The molecule has 4 amide bonds. The lowest BCUT2D eigenvalue weighted by molar-refractivity contribution is -0.0724. The normalized spacial score (nSPS) is 12.5. The molecule has 4 aromatic carbocycles. The van der Waals surface area contributed by atoms with Gasteiger partial charge in [-0.25, -0.2) is 19.9 Å². The average molecular weight is 1760 g/mol. The number of pyridine rings is 3. The highest BCUT2D eigenvalue weighted by Crippen LogP contribution is 2.36. The summed E-state index contributed by atoms with van der Waals surface area (Å²) in [5.74, 6) is 0.00721. The van der Waals surface area contributed by atoms with Crippen molar-refractivity contribution in [2.45, 2.75) is 162 Å². The lowest BCUT2D eigenvalue weighted by Crippen LogP contribution is -2.26. The highest BCUT2D eigenvalue weighted by molar-refractivity contribution is 7.15. The van der Waals surface area contributed by atoms with Crippen molar-refractivity contribution in [2.24, 2.45) is 5.92 Å². The molecule has 22 nitrogen and oxygen atoms in total. The minimum Gasteiger partial charge on any atom is -0.369 e. The maximum absolute atomic E-state index is 12.9. The fourth-order valence-electron chi connectivity index (χ4n) is 14.2. The minimum atomic E-state index is -0.595. The van der Waals surface area contributed by atoms with Crippen molar-refractivity contribution in [3.05, 3.63) is 374 Å². The van der Waals surface area contributed by atoms with Crippen LogP contribution in [0.4, 0.5) is 20.5 Å². The second-order valence-corrected chi connectivity index (χ2v) is 35.5. The zero-order valence-corrected chi connectivity index (χ0v) is 75.3. The Bertz CT molecular complexity index is 5880. The number of nitrogens with zero attached hydrogens (tertiary/aromatic N) is 11. The predicted octanol–water partition coefficient (Wildman–Crippen LogP) is 22.8. The molecule has 0 aliphatic heterocycles. The number of aryl methyl sites for hydroxylation is 4. The maximum atomic E-state index is 12.9. The van der Waals surface area contributed by atoms with Crippen LogP contribution in [0.25, 0.3) is 12.2 Å². The lowest BCUT2D eigenvalue weighted by Gasteiger charge is -2.28. The first kappa shape index (κ1) is 91.2. The monoisotopic (exact) mass is 1760 g/mol. The van der Waals surface area contributed by atoms with Crippen molar-refractivity contribution < 1.29 is 33.4 Å². The molecule has 0 radical (unpaired) electrons. The van der Waals surface area contributed by atoms with E-state index >= 15 is 0 Å². The van der Waals surface area contributed by atoms with Crippen LogP contribution in [0.3, 0.4) is 0 Å². The third-order valence-corrected chi connectivity index (χ3v) is 24.4. The van der Waals surface area contributed by atoms with Crippen LogP contribution in [-0.2, 0) is 76.6 Å². The average Bonchev–Trinajstić information content (AvgIpc) is 1.68. The van der Waals surface area contributed by atoms with Gasteiger partial charge in [0, 0.05) is 110 Å². The van der Waals surface area contributed by atoms with E-state index in [0.29, 0.717) is 68.9 Å². The van der Waals surface area contributed by atoms with Crippen LogP contribution in [0.15, 0.2) is 290 Å². The molecule has 1 fully saturated rings. The van der Waals surface area contributed by atoms with Gasteiger partial charge in [-0.05, 0) is 223 Å². The molecule has 26 heteroatoms. The Morgan fingerprint density at radius 3 is 1.24 bits per heavy atom. The van der Waals surface area contributed by atoms with E-state index in [4.69, 9.17) is 14.2 Å². The molecular weight excluding hydrogens is 1650 g/mol. The largest absolute Gasteiger partial charge is 0.369 e. The number of anilines is 4. The van der Waals surface area contributed by atoms with E-state index in [1.165, 1.54) is 88.6 Å². The number of hydrogen-bond acceptors (Lipinski definition) is 18. The summed E-state index contributed by atoms with van der Waals surface area (Å²) in [6.07, 6.45) is 32.6. The number of amides is 4. The van der Waals surface area contributed by atoms with E-state index in [9.17, 15) is 19.2 Å². The van der Waals surface area contributed by atoms with Crippen molar-refractivity contribution >= 4 is 102 Å². The molecule has 1 aliphatic rings. The van der Waals surface area contributed by atoms with Gasteiger partial charge in [0.25, 0.3) is 23.6 Å². The molecule has 15 aromatic rings. The molecule has 1 unspecified atom stereocenters. The lowest BCUT2D eigenvalue weighted by atomic mass is 9.90. The molecule has 1 aliphatic carbocycles. The SMILES string of the molecule is CC(C)(OCC1CCCCC1)c1csc(NC(=O)c2cccn2Cc2ccncc2)n1.CC(C)(OCc1ccccc1)c1csc(NC(=O)c2cccn2Cc2ccccc2)n1.CC(OC(C)(C)c1csc(NC(=O)c2cccn2CCCc2ccncc2)n1)c1ccccc1.O=C(Nc1nc(/C=C/c2ccccc2)cs1)c1cccn1CCCc1ccncc1. The zero-order valence-electron chi connectivity index (χ0n) is 72.0. The smallest absolute Gasteiger partial charge is 0.274 e. The second-order valence-electron chi connectivity index (χ2n) is 32.0. The molecule has 4 N–H and O–H groups in total. The van der Waals surface area contributed by atoms with Crippen LogP contribution in [0, 0.1) is 5.92 Å². The van der Waals surface area contributed by atoms with Gasteiger partial charge < -0.3 is 32.5 Å². The summed E-state index contributed by atoms with van der Waals surface area (Å²) in [5.41, 5.74) is 12.2. The Morgan fingerprint density at radius 1 is 0.405 bits per heavy atom. The van der Waals surface area contributed by atoms with Crippen LogP contribution in [0.2, 0.25) is 0 Å². The van der Waals surface area contributed by atoms with Crippen LogP contribution >= 0.6 is 45.3 Å². The van der Waals surface area contributed by atoms with Crippen LogP contribution in [0.1, 0.15) is 203 Å². The number of ether oxygens (including phenoxy) is 3. The zero-order chi connectivity index (χ0) is 87.9. The van der Waals surface area contributed by atoms with E-state index in [0.717, 1.165) is 96.0 Å². The van der Waals surface area contributed by atoms with Crippen LogP contribution < -0.4 is 21.3 Å². The topological polar surface area (TPSA) is 254 Å². The van der Waals surface area contributed by atoms with Crippen molar-refractivity contribution in [1.82, 2.24) is 53.2 Å². The van der Waals surface area contributed by atoms with Gasteiger partial charge in [0.15, 0.2) is 20.5 Å². The number of rotatable bonds is 34. The van der Waals surface area contributed by atoms with E-state index in [1.807, 2.05) is 305 Å². The predicted molar refractivity (Wildman–Crippen MR) is 506 cm³/mol. The minimum absolute atomic E-state index is 0.0774. The fraction of sp³-hybridized carbons (Fsp3) is 0.270. The number of nitrogens with one attached hydrogen (secondary N) is 4. The van der Waals surface area contributed by atoms with Gasteiger partial charge in [0.1, 0.15) is 39.6 Å². The molecule has 11 heterocycles. The third kappa shape index (κ3) is 27.2. The molecule has 1 atom stereocenters. The second kappa shape index (κ2) is 45.4. The molecule has 648 valence electrons. The summed E-state index contributed by atoms with van der Waals surface area (Å²) >= 11 is 5.66. The molecule has 16 rings (SSSR count).